The number of hydrogen-bond acceptors (Lipinski definition) is 4. The fourth-order valence-electron chi connectivity index (χ4n) is 1.62. The molecule has 4 nitrogen and oxygen atoms in total. The highest BCUT2D eigenvalue weighted by molar-refractivity contribution is 8.00. The molecule has 0 bridgehead atoms. The van der Waals surface area contributed by atoms with Crippen molar-refractivity contribution >= 4 is 17.7 Å². The highest BCUT2D eigenvalue weighted by atomic mass is 32.2. The van der Waals surface area contributed by atoms with Gasteiger partial charge in [0.05, 0.1) is 6.10 Å². The molecular formula is C11H13NO3S. The van der Waals surface area contributed by atoms with E-state index in [0.29, 0.717) is 5.25 Å². The van der Waals surface area contributed by atoms with Gasteiger partial charge in [-0.15, -0.1) is 11.8 Å². The number of aromatic carboxylic acids is 1. The van der Waals surface area contributed by atoms with Crippen LogP contribution in [0, 0.1) is 0 Å². The van der Waals surface area contributed by atoms with Gasteiger partial charge in [-0.1, -0.05) is 0 Å². The van der Waals surface area contributed by atoms with Crippen LogP contribution in [-0.4, -0.2) is 34.0 Å². The van der Waals surface area contributed by atoms with E-state index in [1.807, 2.05) is 0 Å². The van der Waals surface area contributed by atoms with Gasteiger partial charge in [0.1, 0.15) is 5.69 Å². The summed E-state index contributed by atoms with van der Waals surface area (Å²) in [6.07, 6.45) is 2.90. The molecule has 1 aromatic heterocycles. The van der Waals surface area contributed by atoms with Crippen molar-refractivity contribution in [3.8, 4) is 0 Å². The van der Waals surface area contributed by atoms with E-state index in [0.717, 1.165) is 17.9 Å². The molecule has 0 radical (unpaired) electrons. The summed E-state index contributed by atoms with van der Waals surface area (Å²) in [7, 11) is 0. The molecule has 1 saturated heterocycles. The van der Waals surface area contributed by atoms with Crippen LogP contribution in [0.5, 0.6) is 0 Å². The first-order valence-electron chi connectivity index (χ1n) is 5.14. The Morgan fingerprint density at radius 1 is 1.62 bits per heavy atom. The fraction of sp³-hybridized carbons (Fsp3) is 0.455. The molecule has 1 aliphatic heterocycles. The average Bonchev–Trinajstić information content (AvgIpc) is 2.65. The molecule has 5 heteroatoms. The van der Waals surface area contributed by atoms with Crippen LogP contribution in [0.4, 0.5) is 0 Å². The molecule has 2 rings (SSSR count). The van der Waals surface area contributed by atoms with E-state index < -0.39 is 5.97 Å². The smallest absolute Gasteiger partial charge is 0.354 e. The van der Waals surface area contributed by atoms with Crippen molar-refractivity contribution < 1.29 is 14.6 Å². The normalized spacial score (nSPS) is 24.6. The van der Waals surface area contributed by atoms with Crippen LogP contribution in [-0.2, 0) is 4.74 Å². The molecule has 2 atom stereocenters. The van der Waals surface area contributed by atoms with Gasteiger partial charge >= 0.3 is 5.97 Å². The van der Waals surface area contributed by atoms with Gasteiger partial charge in [-0.2, -0.15) is 0 Å². The SMILES string of the molecule is CC1OCCC1Sc1ccc(C(=O)O)nc1. The molecule has 0 spiro atoms. The molecule has 2 heterocycles. The van der Waals surface area contributed by atoms with Crippen molar-refractivity contribution in [3.63, 3.8) is 0 Å². The van der Waals surface area contributed by atoms with Gasteiger partial charge in [0, 0.05) is 22.9 Å². The van der Waals surface area contributed by atoms with E-state index in [4.69, 9.17) is 9.84 Å². The van der Waals surface area contributed by atoms with E-state index in [1.54, 1.807) is 24.0 Å². The minimum absolute atomic E-state index is 0.0834. The Kier molecular flexibility index (Phi) is 3.46. The summed E-state index contributed by atoms with van der Waals surface area (Å²) in [6.45, 7) is 2.86. The second-order valence-corrected chi connectivity index (χ2v) is 5.02. The molecule has 0 saturated carbocycles. The zero-order valence-corrected chi connectivity index (χ0v) is 9.74. The van der Waals surface area contributed by atoms with Gasteiger partial charge < -0.3 is 9.84 Å². The van der Waals surface area contributed by atoms with Crippen molar-refractivity contribution in [1.29, 1.82) is 0 Å². The summed E-state index contributed by atoms with van der Waals surface area (Å²) in [5.74, 6) is -0.992. The number of carboxylic acids is 1. The Balaban J connectivity index is 2.02. The summed E-state index contributed by atoms with van der Waals surface area (Å²) in [5, 5.41) is 9.15. The maximum absolute atomic E-state index is 10.6. The first-order valence-corrected chi connectivity index (χ1v) is 6.02. The first-order chi connectivity index (χ1) is 7.66. The van der Waals surface area contributed by atoms with Crippen LogP contribution in [0.25, 0.3) is 0 Å². The standard InChI is InChI=1S/C11H13NO3S/c1-7-10(4-5-15-7)16-8-2-3-9(11(13)14)12-6-8/h2-3,6-7,10H,4-5H2,1H3,(H,13,14). The third kappa shape index (κ3) is 2.54. The molecule has 1 aliphatic rings. The van der Waals surface area contributed by atoms with Crippen LogP contribution in [0.3, 0.4) is 0 Å². The van der Waals surface area contributed by atoms with E-state index in [-0.39, 0.29) is 11.8 Å². The van der Waals surface area contributed by atoms with Crippen molar-refractivity contribution in [1.82, 2.24) is 4.98 Å². The van der Waals surface area contributed by atoms with Crippen molar-refractivity contribution in [2.45, 2.75) is 29.6 Å². The molecule has 0 aromatic carbocycles. The van der Waals surface area contributed by atoms with Crippen molar-refractivity contribution in [2.24, 2.45) is 0 Å². The van der Waals surface area contributed by atoms with Gasteiger partial charge in [-0.05, 0) is 25.5 Å². The molecule has 1 fully saturated rings. The second-order valence-electron chi connectivity index (χ2n) is 3.71. The lowest BCUT2D eigenvalue weighted by molar-refractivity contribution is 0.0690. The molecule has 1 N–H and O–H groups in total. The Morgan fingerprint density at radius 2 is 2.44 bits per heavy atom. The van der Waals surface area contributed by atoms with Crippen LogP contribution in [0.15, 0.2) is 23.2 Å². The number of carbonyl (C=O) groups is 1. The zero-order valence-electron chi connectivity index (χ0n) is 8.92. The Morgan fingerprint density at radius 3 is 2.94 bits per heavy atom. The lowest BCUT2D eigenvalue weighted by Crippen LogP contribution is -2.13. The van der Waals surface area contributed by atoms with Gasteiger partial charge in [0.25, 0.3) is 0 Å². The van der Waals surface area contributed by atoms with Gasteiger partial charge in [0.15, 0.2) is 0 Å². The Labute approximate surface area is 98.0 Å². The molecular weight excluding hydrogens is 226 g/mol. The highest BCUT2D eigenvalue weighted by Crippen LogP contribution is 2.31. The number of rotatable bonds is 3. The molecule has 0 amide bonds. The third-order valence-electron chi connectivity index (χ3n) is 2.55. The number of pyridine rings is 1. The fourth-order valence-corrected chi connectivity index (χ4v) is 2.71. The van der Waals surface area contributed by atoms with E-state index >= 15 is 0 Å². The molecule has 0 aliphatic carbocycles. The topological polar surface area (TPSA) is 59.4 Å². The van der Waals surface area contributed by atoms with E-state index in [1.165, 1.54) is 6.07 Å². The van der Waals surface area contributed by atoms with Gasteiger partial charge in [0.2, 0.25) is 0 Å². The number of nitrogens with zero attached hydrogens (tertiary/aromatic N) is 1. The third-order valence-corrected chi connectivity index (χ3v) is 3.98. The summed E-state index contributed by atoms with van der Waals surface area (Å²) in [5.41, 5.74) is 0.0834. The largest absolute Gasteiger partial charge is 0.477 e. The summed E-state index contributed by atoms with van der Waals surface area (Å²) in [6, 6.07) is 3.33. The lowest BCUT2D eigenvalue weighted by Gasteiger charge is -2.12. The zero-order chi connectivity index (χ0) is 11.5. The van der Waals surface area contributed by atoms with Crippen LogP contribution < -0.4 is 0 Å². The minimum Gasteiger partial charge on any atom is -0.477 e. The quantitative estimate of drug-likeness (QED) is 0.874. The molecule has 2 unspecified atom stereocenters. The number of thioether (sulfide) groups is 1. The van der Waals surface area contributed by atoms with Gasteiger partial charge in [-0.25, -0.2) is 9.78 Å². The maximum atomic E-state index is 10.6. The first kappa shape index (κ1) is 11.4. The minimum atomic E-state index is -0.992. The van der Waals surface area contributed by atoms with Gasteiger partial charge in [-0.3, -0.25) is 0 Å². The maximum Gasteiger partial charge on any atom is 0.354 e. The number of ether oxygens (including phenoxy) is 1. The van der Waals surface area contributed by atoms with E-state index in [9.17, 15) is 4.79 Å². The second kappa shape index (κ2) is 4.84. The predicted molar refractivity (Wildman–Crippen MR) is 60.9 cm³/mol. The monoisotopic (exact) mass is 239 g/mol. The van der Waals surface area contributed by atoms with Crippen LogP contribution >= 0.6 is 11.8 Å². The summed E-state index contributed by atoms with van der Waals surface area (Å²) in [4.78, 5) is 15.5. The number of aromatic nitrogens is 1. The number of hydrogen-bond donors (Lipinski definition) is 1. The Hall–Kier alpha value is -1.07. The summed E-state index contributed by atoms with van der Waals surface area (Å²) >= 11 is 1.70. The van der Waals surface area contributed by atoms with E-state index in [2.05, 4.69) is 11.9 Å². The lowest BCUT2D eigenvalue weighted by atomic mass is 10.3. The molecule has 1 aromatic rings. The highest BCUT2D eigenvalue weighted by Gasteiger charge is 2.25. The average molecular weight is 239 g/mol. The van der Waals surface area contributed by atoms with Crippen molar-refractivity contribution in [2.75, 3.05) is 6.61 Å². The summed E-state index contributed by atoms with van der Waals surface area (Å²) < 4.78 is 5.46. The Bertz CT molecular complexity index is 379. The van der Waals surface area contributed by atoms with Crippen molar-refractivity contribution in [3.05, 3.63) is 24.0 Å². The van der Waals surface area contributed by atoms with Crippen LogP contribution in [0.2, 0.25) is 0 Å². The molecule has 86 valence electrons. The van der Waals surface area contributed by atoms with Crippen LogP contribution in [0.1, 0.15) is 23.8 Å². The number of carboxylic acid groups (broad SMARTS) is 1. The molecule has 16 heavy (non-hydrogen) atoms. The predicted octanol–water partition coefficient (Wildman–Crippen LogP) is 2.05.